The Bertz CT molecular complexity index is 2110. The maximum absolute atomic E-state index is 2.36. The average molecular weight is 586 g/mol. The number of hydrogen-bond acceptors (Lipinski definition) is 3. The third-order valence-electron chi connectivity index (χ3n) is 7.88. The van der Waals surface area contributed by atoms with Gasteiger partial charge in [-0.05, 0) is 93.7 Å². The van der Waals surface area contributed by atoms with Crippen LogP contribution in [0.2, 0.25) is 0 Å². The third-order valence-corrected chi connectivity index (χ3v) is 10.2. The molecule has 0 unspecified atom stereocenters. The van der Waals surface area contributed by atoms with Gasteiger partial charge in [0.25, 0.3) is 0 Å². The first-order valence-corrected chi connectivity index (χ1v) is 16.1. The Kier molecular flexibility index (Phi) is 6.60. The second kappa shape index (κ2) is 11.0. The second-order valence-electron chi connectivity index (χ2n) is 10.6. The van der Waals surface area contributed by atoms with Gasteiger partial charge in [0.15, 0.2) is 0 Å². The van der Waals surface area contributed by atoms with E-state index in [0.29, 0.717) is 0 Å². The number of hydrogen-bond donors (Lipinski definition) is 0. The Hall–Kier alpha value is -4.96. The lowest BCUT2D eigenvalue weighted by Crippen LogP contribution is -2.09. The first-order chi connectivity index (χ1) is 21.3. The third kappa shape index (κ3) is 5.03. The van der Waals surface area contributed by atoms with Crippen molar-refractivity contribution < 1.29 is 0 Å². The Morgan fingerprint density at radius 2 is 0.814 bits per heavy atom. The van der Waals surface area contributed by atoms with Crippen molar-refractivity contribution in [3.05, 3.63) is 164 Å². The first-order valence-electron chi connectivity index (χ1n) is 14.4. The van der Waals surface area contributed by atoms with Gasteiger partial charge in [0.05, 0.1) is 0 Å². The summed E-state index contributed by atoms with van der Waals surface area (Å²) in [5.41, 5.74) is 8.30. The molecule has 3 heteroatoms. The maximum Gasteiger partial charge on any atom is 0.0468 e. The lowest BCUT2D eigenvalue weighted by atomic mass is 10.0. The van der Waals surface area contributed by atoms with Crippen molar-refractivity contribution >= 4 is 59.9 Å². The van der Waals surface area contributed by atoms with E-state index >= 15 is 0 Å². The molecule has 204 valence electrons. The molecular weight excluding hydrogens is 559 g/mol. The van der Waals surface area contributed by atoms with E-state index in [0.717, 1.165) is 17.1 Å². The normalized spacial score (nSPS) is 11.3. The molecule has 0 N–H and O–H groups in total. The van der Waals surface area contributed by atoms with Gasteiger partial charge in [0.2, 0.25) is 0 Å². The van der Waals surface area contributed by atoms with Gasteiger partial charge in [-0.2, -0.15) is 0 Å². The highest BCUT2D eigenvalue weighted by Crippen LogP contribution is 2.41. The molecule has 0 saturated carbocycles. The van der Waals surface area contributed by atoms with Crippen LogP contribution < -0.4 is 4.90 Å². The SMILES string of the molecule is c1ccc(-c2ccc(N(c3ccc(-c4cc5ccccc5s4)cc3)c3cccc(-c4cc5ccccc5s4)c3)cc2)cc1. The summed E-state index contributed by atoms with van der Waals surface area (Å²) in [6, 6.07) is 59.2. The zero-order valence-electron chi connectivity index (χ0n) is 23.4. The number of rotatable bonds is 6. The molecule has 1 nitrogen and oxygen atoms in total. The van der Waals surface area contributed by atoms with Gasteiger partial charge >= 0.3 is 0 Å². The van der Waals surface area contributed by atoms with E-state index < -0.39 is 0 Å². The van der Waals surface area contributed by atoms with E-state index in [-0.39, 0.29) is 0 Å². The Morgan fingerprint density at radius 3 is 1.42 bits per heavy atom. The predicted octanol–water partition coefficient (Wildman–Crippen LogP) is 12.6. The zero-order chi connectivity index (χ0) is 28.6. The summed E-state index contributed by atoms with van der Waals surface area (Å²) in [5, 5.41) is 2.59. The largest absolute Gasteiger partial charge is 0.310 e. The van der Waals surface area contributed by atoms with Crippen LogP contribution in [0, 0.1) is 0 Å². The fourth-order valence-electron chi connectivity index (χ4n) is 5.70. The summed E-state index contributed by atoms with van der Waals surface area (Å²) in [4.78, 5) is 4.93. The molecule has 8 rings (SSSR count). The van der Waals surface area contributed by atoms with Gasteiger partial charge in [0.1, 0.15) is 0 Å². The molecule has 0 radical (unpaired) electrons. The quantitative estimate of drug-likeness (QED) is 0.188. The fraction of sp³-hybridized carbons (Fsp3) is 0. The minimum absolute atomic E-state index is 1.13. The molecule has 0 aliphatic carbocycles. The standard InChI is InChI=1S/C40H27NS2/c1-2-9-28(10-3-1)29-17-21-34(22-18-29)41(35-23-19-30(20-24-35)39-26-32-11-4-6-15-37(32)42-39)36-14-8-13-31(25-36)40-27-33-12-5-7-16-38(33)43-40/h1-27H. The van der Waals surface area contributed by atoms with E-state index in [1.165, 1.54) is 52.2 Å². The smallest absolute Gasteiger partial charge is 0.0468 e. The second-order valence-corrected chi connectivity index (χ2v) is 12.8. The number of anilines is 3. The first kappa shape index (κ1) is 25.7. The highest BCUT2D eigenvalue weighted by Gasteiger charge is 2.15. The Morgan fingerprint density at radius 1 is 0.326 bits per heavy atom. The van der Waals surface area contributed by atoms with Crippen LogP contribution in [0.1, 0.15) is 0 Å². The molecule has 2 aromatic heterocycles. The van der Waals surface area contributed by atoms with Crippen molar-refractivity contribution in [2.75, 3.05) is 4.90 Å². The van der Waals surface area contributed by atoms with Crippen LogP contribution in [0.3, 0.4) is 0 Å². The Labute approximate surface area is 259 Å². The van der Waals surface area contributed by atoms with E-state index in [1.807, 2.05) is 22.7 Å². The Balaban J connectivity index is 1.21. The molecule has 2 heterocycles. The van der Waals surface area contributed by atoms with Crippen molar-refractivity contribution in [3.8, 4) is 32.0 Å². The summed E-state index contributed by atoms with van der Waals surface area (Å²) in [7, 11) is 0. The monoisotopic (exact) mass is 585 g/mol. The predicted molar refractivity (Wildman–Crippen MR) is 188 cm³/mol. The molecule has 0 bridgehead atoms. The number of nitrogens with zero attached hydrogens (tertiary/aromatic N) is 1. The molecule has 6 aromatic carbocycles. The molecule has 8 aromatic rings. The van der Waals surface area contributed by atoms with Crippen LogP contribution in [0.5, 0.6) is 0 Å². The lowest BCUT2D eigenvalue weighted by molar-refractivity contribution is 1.28. The van der Waals surface area contributed by atoms with Crippen molar-refractivity contribution in [1.29, 1.82) is 0 Å². The number of thiophene rings is 2. The minimum atomic E-state index is 1.13. The minimum Gasteiger partial charge on any atom is -0.310 e. The van der Waals surface area contributed by atoms with Gasteiger partial charge in [-0.25, -0.2) is 0 Å². The van der Waals surface area contributed by atoms with Gasteiger partial charge < -0.3 is 4.90 Å². The van der Waals surface area contributed by atoms with Crippen molar-refractivity contribution in [2.45, 2.75) is 0 Å². The van der Waals surface area contributed by atoms with E-state index in [9.17, 15) is 0 Å². The van der Waals surface area contributed by atoms with Gasteiger partial charge in [-0.1, -0.05) is 103 Å². The summed E-state index contributed by atoms with van der Waals surface area (Å²) < 4.78 is 2.63. The topological polar surface area (TPSA) is 3.24 Å². The summed E-state index contributed by atoms with van der Waals surface area (Å²) >= 11 is 3.69. The van der Waals surface area contributed by atoms with Crippen LogP contribution in [0.4, 0.5) is 17.1 Å². The molecule has 0 atom stereocenters. The van der Waals surface area contributed by atoms with E-state index in [4.69, 9.17) is 0 Å². The summed E-state index contributed by atoms with van der Waals surface area (Å²) in [5.74, 6) is 0. The van der Waals surface area contributed by atoms with Crippen molar-refractivity contribution in [1.82, 2.24) is 0 Å². The van der Waals surface area contributed by atoms with Crippen molar-refractivity contribution in [2.24, 2.45) is 0 Å². The molecule has 43 heavy (non-hydrogen) atoms. The van der Waals surface area contributed by atoms with Crippen LogP contribution >= 0.6 is 22.7 Å². The number of benzene rings is 6. The molecule has 0 saturated heterocycles. The lowest BCUT2D eigenvalue weighted by Gasteiger charge is -2.26. The van der Waals surface area contributed by atoms with Gasteiger partial charge in [-0.3, -0.25) is 0 Å². The number of fused-ring (bicyclic) bond motifs is 2. The molecular formula is C40H27NS2. The van der Waals surface area contributed by atoms with Crippen LogP contribution in [0.15, 0.2) is 164 Å². The summed E-state index contributed by atoms with van der Waals surface area (Å²) in [6.07, 6.45) is 0. The van der Waals surface area contributed by atoms with E-state index in [1.54, 1.807) is 0 Å². The molecule has 0 spiro atoms. The summed E-state index contributed by atoms with van der Waals surface area (Å²) in [6.45, 7) is 0. The fourth-order valence-corrected chi connectivity index (χ4v) is 7.83. The van der Waals surface area contributed by atoms with Crippen LogP contribution in [0.25, 0.3) is 52.2 Å². The molecule has 0 aliphatic rings. The van der Waals surface area contributed by atoms with Gasteiger partial charge in [0, 0.05) is 36.2 Å². The molecule has 0 aliphatic heterocycles. The van der Waals surface area contributed by atoms with Crippen molar-refractivity contribution in [3.63, 3.8) is 0 Å². The van der Waals surface area contributed by atoms with Gasteiger partial charge in [-0.15, -0.1) is 22.7 Å². The zero-order valence-corrected chi connectivity index (χ0v) is 25.0. The highest BCUT2D eigenvalue weighted by molar-refractivity contribution is 7.22. The van der Waals surface area contributed by atoms with Crippen LogP contribution in [-0.2, 0) is 0 Å². The van der Waals surface area contributed by atoms with Crippen LogP contribution in [-0.4, -0.2) is 0 Å². The highest BCUT2D eigenvalue weighted by atomic mass is 32.1. The van der Waals surface area contributed by atoms with E-state index in [2.05, 4.69) is 169 Å². The average Bonchev–Trinajstić information content (AvgIpc) is 3.71. The molecule has 0 fully saturated rings. The molecule has 0 amide bonds. The maximum atomic E-state index is 2.36.